The zero-order valence-corrected chi connectivity index (χ0v) is 11.4. The molecule has 1 N–H and O–H groups in total. The topological polar surface area (TPSA) is 58.4 Å². The molecule has 1 aromatic heterocycles. The Balaban J connectivity index is 1.79. The number of hydrogen-bond acceptors (Lipinski definition) is 3. The predicted molar refractivity (Wildman–Crippen MR) is 71.2 cm³/mol. The van der Waals surface area contributed by atoms with Crippen LogP contribution in [0, 0.1) is 0 Å². The number of carboxylic acid groups (broad SMARTS) is 1. The molecule has 0 aromatic carbocycles. The molecular weight excluding hydrogens is 242 g/mol. The van der Waals surface area contributed by atoms with E-state index in [0.717, 1.165) is 43.9 Å². The van der Waals surface area contributed by atoms with Gasteiger partial charge < -0.3 is 14.6 Å². The van der Waals surface area contributed by atoms with Crippen molar-refractivity contribution in [3.8, 4) is 0 Å². The first-order valence-electron chi connectivity index (χ1n) is 7.14. The van der Waals surface area contributed by atoms with Crippen LogP contribution in [0.4, 0.5) is 0 Å². The van der Waals surface area contributed by atoms with Crippen molar-refractivity contribution >= 4 is 5.97 Å². The van der Waals surface area contributed by atoms with Gasteiger partial charge in [0.15, 0.2) is 0 Å². The molecule has 2 unspecified atom stereocenters. The Kier molecular flexibility index (Phi) is 3.31. The summed E-state index contributed by atoms with van der Waals surface area (Å²) in [6.07, 6.45) is 7.14. The molecule has 3 heterocycles. The van der Waals surface area contributed by atoms with Gasteiger partial charge >= 0.3 is 5.97 Å². The lowest BCUT2D eigenvalue weighted by Gasteiger charge is -2.19. The first-order valence-corrected chi connectivity index (χ1v) is 7.14. The van der Waals surface area contributed by atoms with Gasteiger partial charge in [0.1, 0.15) is 11.7 Å². The van der Waals surface area contributed by atoms with Gasteiger partial charge in [-0.2, -0.15) is 0 Å². The van der Waals surface area contributed by atoms with Gasteiger partial charge in [0, 0.05) is 25.2 Å². The molecule has 1 aromatic rings. The van der Waals surface area contributed by atoms with E-state index in [4.69, 9.17) is 0 Å². The predicted octanol–water partition coefficient (Wildman–Crippen LogP) is 1.48. The number of imidazole rings is 1. The maximum absolute atomic E-state index is 11.3. The zero-order chi connectivity index (χ0) is 13.4. The molecule has 0 saturated carbocycles. The van der Waals surface area contributed by atoms with Crippen molar-refractivity contribution < 1.29 is 9.90 Å². The number of rotatable bonds is 3. The van der Waals surface area contributed by atoms with E-state index in [-0.39, 0.29) is 0 Å². The van der Waals surface area contributed by atoms with Crippen molar-refractivity contribution in [3.05, 3.63) is 17.7 Å². The molecule has 0 spiro atoms. The van der Waals surface area contributed by atoms with Crippen LogP contribution in [0.25, 0.3) is 0 Å². The number of carbonyl (C=O) groups is 1. The smallest absolute Gasteiger partial charge is 0.314 e. The van der Waals surface area contributed by atoms with E-state index < -0.39 is 11.9 Å². The van der Waals surface area contributed by atoms with Gasteiger partial charge in [0.25, 0.3) is 0 Å². The van der Waals surface area contributed by atoms with E-state index in [1.807, 2.05) is 4.57 Å². The minimum absolute atomic E-state index is 0.413. The number of carboxylic acids is 1. The summed E-state index contributed by atoms with van der Waals surface area (Å²) < 4.78 is 2.05. The third-order valence-electron chi connectivity index (χ3n) is 4.48. The van der Waals surface area contributed by atoms with Crippen molar-refractivity contribution in [2.24, 2.45) is 0 Å². The SMILES string of the molecule is CN1CCCC1Cc1cn2c(n1)C(C(=O)O)CCC2. The fourth-order valence-electron chi connectivity index (χ4n) is 3.35. The van der Waals surface area contributed by atoms with Gasteiger partial charge in [-0.3, -0.25) is 4.79 Å². The Labute approximate surface area is 113 Å². The lowest BCUT2D eigenvalue weighted by Crippen LogP contribution is -2.26. The normalized spacial score (nSPS) is 27.4. The van der Waals surface area contributed by atoms with E-state index in [0.29, 0.717) is 6.04 Å². The minimum Gasteiger partial charge on any atom is -0.481 e. The number of aryl methyl sites for hydroxylation is 1. The minimum atomic E-state index is -0.740. The Morgan fingerprint density at radius 3 is 2.89 bits per heavy atom. The molecule has 0 bridgehead atoms. The molecule has 5 heteroatoms. The van der Waals surface area contributed by atoms with Crippen molar-refractivity contribution in [2.45, 2.75) is 50.6 Å². The third-order valence-corrected chi connectivity index (χ3v) is 4.48. The first-order chi connectivity index (χ1) is 9.15. The van der Waals surface area contributed by atoms with Crippen LogP contribution in [0.5, 0.6) is 0 Å². The number of fused-ring (bicyclic) bond motifs is 1. The van der Waals surface area contributed by atoms with Gasteiger partial charge in [-0.15, -0.1) is 0 Å². The average molecular weight is 263 g/mol. The van der Waals surface area contributed by atoms with E-state index >= 15 is 0 Å². The number of hydrogen-bond donors (Lipinski definition) is 1. The molecule has 0 amide bonds. The quantitative estimate of drug-likeness (QED) is 0.897. The summed E-state index contributed by atoms with van der Waals surface area (Å²) in [5.74, 6) is -0.394. The van der Waals surface area contributed by atoms with Gasteiger partial charge in [-0.25, -0.2) is 4.98 Å². The molecule has 1 saturated heterocycles. The maximum atomic E-state index is 11.3. The van der Waals surface area contributed by atoms with Crippen LogP contribution in [-0.2, 0) is 17.8 Å². The van der Waals surface area contributed by atoms with E-state index in [9.17, 15) is 9.90 Å². The fraction of sp³-hybridized carbons (Fsp3) is 0.714. The summed E-state index contributed by atoms with van der Waals surface area (Å²) in [5, 5.41) is 9.26. The van der Waals surface area contributed by atoms with E-state index in [1.165, 1.54) is 12.8 Å². The highest BCUT2D eigenvalue weighted by Gasteiger charge is 2.30. The third kappa shape index (κ3) is 2.39. The fourth-order valence-corrected chi connectivity index (χ4v) is 3.35. The molecule has 5 nitrogen and oxygen atoms in total. The van der Waals surface area contributed by atoms with Crippen molar-refractivity contribution in [1.29, 1.82) is 0 Å². The van der Waals surface area contributed by atoms with Crippen LogP contribution in [0.1, 0.15) is 43.1 Å². The molecule has 2 atom stereocenters. The number of nitrogens with zero attached hydrogens (tertiary/aromatic N) is 3. The average Bonchev–Trinajstić information content (AvgIpc) is 2.95. The highest BCUT2D eigenvalue weighted by molar-refractivity contribution is 5.75. The second-order valence-electron chi connectivity index (χ2n) is 5.80. The highest BCUT2D eigenvalue weighted by atomic mass is 16.4. The van der Waals surface area contributed by atoms with E-state index in [1.54, 1.807) is 0 Å². The molecule has 0 aliphatic carbocycles. The molecule has 0 radical (unpaired) electrons. The van der Waals surface area contributed by atoms with Gasteiger partial charge in [-0.05, 0) is 39.3 Å². The van der Waals surface area contributed by atoms with Crippen LogP contribution < -0.4 is 0 Å². The highest BCUT2D eigenvalue weighted by Crippen LogP contribution is 2.28. The van der Waals surface area contributed by atoms with Crippen LogP contribution in [0.3, 0.4) is 0 Å². The number of likely N-dealkylation sites (tertiary alicyclic amines) is 1. The Morgan fingerprint density at radius 1 is 1.42 bits per heavy atom. The molecule has 104 valence electrons. The Hall–Kier alpha value is -1.36. The van der Waals surface area contributed by atoms with Crippen LogP contribution in [0.15, 0.2) is 6.20 Å². The standard InChI is InChI=1S/C14H21N3O2/c1-16-6-2-4-11(16)8-10-9-17-7-3-5-12(14(18)19)13(17)15-10/h9,11-12H,2-8H2,1H3,(H,18,19). The van der Waals surface area contributed by atoms with Gasteiger partial charge in [0.05, 0.1) is 5.69 Å². The largest absolute Gasteiger partial charge is 0.481 e. The second-order valence-corrected chi connectivity index (χ2v) is 5.80. The summed E-state index contributed by atoms with van der Waals surface area (Å²) in [5.41, 5.74) is 1.06. The van der Waals surface area contributed by atoms with Crippen LogP contribution in [-0.4, -0.2) is 45.2 Å². The van der Waals surface area contributed by atoms with Crippen molar-refractivity contribution in [3.63, 3.8) is 0 Å². The van der Waals surface area contributed by atoms with Crippen LogP contribution >= 0.6 is 0 Å². The number of aromatic nitrogens is 2. The summed E-state index contributed by atoms with van der Waals surface area (Å²) in [7, 11) is 2.16. The zero-order valence-electron chi connectivity index (χ0n) is 11.4. The Bertz CT molecular complexity index is 483. The van der Waals surface area contributed by atoms with Gasteiger partial charge in [-0.1, -0.05) is 0 Å². The van der Waals surface area contributed by atoms with Crippen LogP contribution in [0.2, 0.25) is 0 Å². The molecular formula is C14H21N3O2. The maximum Gasteiger partial charge on any atom is 0.314 e. The van der Waals surface area contributed by atoms with E-state index in [2.05, 4.69) is 23.1 Å². The summed E-state index contributed by atoms with van der Waals surface area (Å²) in [6.45, 7) is 2.07. The number of likely N-dealkylation sites (N-methyl/N-ethyl adjacent to an activating group) is 1. The first kappa shape index (κ1) is 12.7. The van der Waals surface area contributed by atoms with Crippen molar-refractivity contribution in [2.75, 3.05) is 13.6 Å². The van der Waals surface area contributed by atoms with Crippen molar-refractivity contribution in [1.82, 2.24) is 14.5 Å². The molecule has 2 aliphatic heterocycles. The molecule has 3 rings (SSSR count). The lowest BCUT2D eigenvalue weighted by molar-refractivity contribution is -0.139. The molecule has 2 aliphatic rings. The second kappa shape index (κ2) is 4.96. The van der Waals surface area contributed by atoms with Gasteiger partial charge in [0.2, 0.25) is 0 Å². The number of aliphatic carboxylic acids is 1. The summed E-state index contributed by atoms with van der Waals surface area (Å²) >= 11 is 0. The monoisotopic (exact) mass is 263 g/mol. The summed E-state index contributed by atoms with van der Waals surface area (Å²) in [4.78, 5) is 18.3. The molecule has 1 fully saturated rings. The summed E-state index contributed by atoms with van der Waals surface area (Å²) in [6, 6.07) is 0.570. The Morgan fingerprint density at radius 2 is 2.21 bits per heavy atom. The lowest BCUT2D eigenvalue weighted by atomic mass is 9.99. The molecule has 19 heavy (non-hydrogen) atoms.